The molecule has 0 saturated carbocycles. The van der Waals surface area contributed by atoms with E-state index in [1.165, 1.54) is 17.4 Å². The van der Waals surface area contributed by atoms with Crippen molar-refractivity contribution in [3.8, 4) is 11.5 Å². The van der Waals surface area contributed by atoms with Crippen molar-refractivity contribution in [1.82, 2.24) is 10.3 Å². The van der Waals surface area contributed by atoms with Gasteiger partial charge in [-0.2, -0.15) is 0 Å². The van der Waals surface area contributed by atoms with Gasteiger partial charge in [-0.1, -0.05) is 6.07 Å². The average molecular weight is 332 g/mol. The van der Waals surface area contributed by atoms with Crippen LogP contribution in [-0.2, 0) is 4.79 Å². The van der Waals surface area contributed by atoms with E-state index in [0.717, 1.165) is 10.6 Å². The molecule has 2 aromatic rings. The third-order valence-electron chi connectivity index (χ3n) is 3.17. The molecule has 1 aromatic carbocycles. The number of benzene rings is 1. The third kappa shape index (κ3) is 4.82. The molecule has 0 saturated heterocycles. The number of nitrogens with one attached hydrogen (secondary N) is 1. The van der Waals surface area contributed by atoms with E-state index in [2.05, 4.69) is 10.3 Å². The van der Waals surface area contributed by atoms with Crippen LogP contribution in [0.3, 0.4) is 0 Å². The van der Waals surface area contributed by atoms with Crippen LogP contribution in [0.15, 0.2) is 35.9 Å². The fourth-order valence-electron chi connectivity index (χ4n) is 2.04. The van der Waals surface area contributed by atoms with Gasteiger partial charge < -0.3 is 14.8 Å². The van der Waals surface area contributed by atoms with Crippen molar-refractivity contribution in [1.29, 1.82) is 0 Å². The Bertz CT molecular complexity index is 668. The van der Waals surface area contributed by atoms with E-state index in [0.29, 0.717) is 18.1 Å². The number of thiazole rings is 1. The number of aromatic nitrogens is 1. The maximum Gasteiger partial charge on any atom is 0.244 e. The van der Waals surface area contributed by atoms with Gasteiger partial charge in [-0.3, -0.25) is 4.79 Å². The standard InChI is InChI=1S/C17H20N2O3S/c1-4-22-14-6-5-13(11-15(14)21-3)12(2)19-16(20)7-8-17-18-9-10-23-17/h5-12H,4H2,1-3H3,(H,19,20)/b8-7+/t12-/m1/s1. The molecule has 0 aliphatic heterocycles. The van der Waals surface area contributed by atoms with E-state index >= 15 is 0 Å². The van der Waals surface area contributed by atoms with Crippen molar-refractivity contribution in [3.63, 3.8) is 0 Å². The van der Waals surface area contributed by atoms with E-state index in [1.54, 1.807) is 19.4 Å². The molecule has 6 heteroatoms. The predicted octanol–water partition coefficient (Wildman–Crippen LogP) is 3.44. The van der Waals surface area contributed by atoms with Crippen LogP contribution in [0.5, 0.6) is 11.5 Å². The summed E-state index contributed by atoms with van der Waals surface area (Å²) in [5.41, 5.74) is 0.946. The number of rotatable bonds is 7. The summed E-state index contributed by atoms with van der Waals surface area (Å²) in [6.45, 7) is 4.42. The number of amides is 1. The Labute approximate surface area is 140 Å². The minimum atomic E-state index is -0.166. The molecule has 0 bridgehead atoms. The second-order valence-electron chi connectivity index (χ2n) is 4.78. The zero-order valence-corrected chi connectivity index (χ0v) is 14.2. The molecule has 1 aromatic heterocycles. The zero-order valence-electron chi connectivity index (χ0n) is 13.4. The van der Waals surface area contributed by atoms with E-state index < -0.39 is 0 Å². The summed E-state index contributed by atoms with van der Waals surface area (Å²) in [5, 5.41) is 5.59. The van der Waals surface area contributed by atoms with Crippen molar-refractivity contribution < 1.29 is 14.3 Å². The lowest BCUT2D eigenvalue weighted by Gasteiger charge is -2.16. The summed E-state index contributed by atoms with van der Waals surface area (Å²) in [5.74, 6) is 1.19. The summed E-state index contributed by atoms with van der Waals surface area (Å²) in [7, 11) is 1.60. The van der Waals surface area contributed by atoms with Gasteiger partial charge in [0.25, 0.3) is 0 Å². The van der Waals surface area contributed by atoms with Crippen LogP contribution in [0, 0.1) is 0 Å². The van der Waals surface area contributed by atoms with Crippen LogP contribution in [0.1, 0.15) is 30.5 Å². The van der Waals surface area contributed by atoms with Gasteiger partial charge in [-0.15, -0.1) is 11.3 Å². The summed E-state index contributed by atoms with van der Waals surface area (Å²) >= 11 is 1.48. The van der Waals surface area contributed by atoms with Gasteiger partial charge in [-0.25, -0.2) is 4.98 Å². The maximum atomic E-state index is 12.0. The lowest BCUT2D eigenvalue weighted by atomic mass is 10.1. The molecule has 0 aliphatic rings. The van der Waals surface area contributed by atoms with Crippen molar-refractivity contribution in [2.75, 3.05) is 13.7 Å². The van der Waals surface area contributed by atoms with Crippen LogP contribution in [0.2, 0.25) is 0 Å². The van der Waals surface area contributed by atoms with Gasteiger partial charge in [0.15, 0.2) is 11.5 Å². The smallest absolute Gasteiger partial charge is 0.244 e. The normalized spacial score (nSPS) is 12.1. The van der Waals surface area contributed by atoms with Crippen LogP contribution < -0.4 is 14.8 Å². The number of methoxy groups -OCH3 is 1. The van der Waals surface area contributed by atoms with Crippen LogP contribution in [-0.4, -0.2) is 24.6 Å². The third-order valence-corrected chi connectivity index (χ3v) is 3.92. The number of ether oxygens (including phenoxy) is 2. The summed E-state index contributed by atoms with van der Waals surface area (Å²) < 4.78 is 10.8. The number of carbonyl (C=O) groups is 1. The highest BCUT2D eigenvalue weighted by Crippen LogP contribution is 2.30. The minimum Gasteiger partial charge on any atom is -0.493 e. The molecule has 1 N–H and O–H groups in total. The number of hydrogen-bond donors (Lipinski definition) is 1. The lowest BCUT2D eigenvalue weighted by Crippen LogP contribution is -2.24. The average Bonchev–Trinajstić information content (AvgIpc) is 3.07. The van der Waals surface area contributed by atoms with Crippen LogP contribution in [0.4, 0.5) is 0 Å². The van der Waals surface area contributed by atoms with E-state index in [-0.39, 0.29) is 11.9 Å². The second kappa shape index (κ2) is 8.33. The Kier molecular flexibility index (Phi) is 6.17. The Balaban J connectivity index is 2.02. The zero-order chi connectivity index (χ0) is 16.7. The predicted molar refractivity (Wildman–Crippen MR) is 91.9 cm³/mol. The molecule has 0 spiro atoms. The fourth-order valence-corrected chi connectivity index (χ4v) is 2.57. The molecule has 0 aliphatic carbocycles. The molecular formula is C17H20N2O3S. The summed E-state index contributed by atoms with van der Waals surface area (Å²) in [6, 6.07) is 5.50. The van der Waals surface area contributed by atoms with E-state index in [1.807, 2.05) is 37.4 Å². The largest absolute Gasteiger partial charge is 0.493 e. The molecule has 2 rings (SSSR count). The maximum absolute atomic E-state index is 12.0. The number of carbonyl (C=O) groups excluding carboxylic acids is 1. The summed E-state index contributed by atoms with van der Waals surface area (Å²) in [4.78, 5) is 16.1. The Morgan fingerprint density at radius 2 is 2.26 bits per heavy atom. The first-order valence-corrected chi connectivity index (χ1v) is 8.20. The molecule has 1 atom stereocenters. The first-order chi connectivity index (χ1) is 11.1. The minimum absolute atomic E-state index is 0.145. The van der Waals surface area contributed by atoms with E-state index in [9.17, 15) is 4.79 Å². The Morgan fingerprint density at radius 1 is 1.43 bits per heavy atom. The number of nitrogens with zero attached hydrogens (tertiary/aromatic N) is 1. The Morgan fingerprint density at radius 3 is 2.91 bits per heavy atom. The van der Waals surface area contributed by atoms with Crippen LogP contribution in [0.25, 0.3) is 6.08 Å². The first-order valence-electron chi connectivity index (χ1n) is 7.32. The quantitative estimate of drug-likeness (QED) is 0.789. The molecular weight excluding hydrogens is 312 g/mol. The monoisotopic (exact) mass is 332 g/mol. The number of hydrogen-bond acceptors (Lipinski definition) is 5. The summed E-state index contributed by atoms with van der Waals surface area (Å²) in [6.07, 6.45) is 4.89. The molecule has 1 amide bonds. The Hall–Kier alpha value is -2.34. The van der Waals surface area contributed by atoms with E-state index in [4.69, 9.17) is 9.47 Å². The molecule has 0 unspecified atom stereocenters. The van der Waals surface area contributed by atoms with Gasteiger partial charge in [0.05, 0.1) is 19.8 Å². The fraction of sp³-hybridized carbons (Fsp3) is 0.294. The van der Waals surface area contributed by atoms with Crippen LogP contribution >= 0.6 is 11.3 Å². The molecule has 0 fully saturated rings. The van der Waals surface area contributed by atoms with Crippen molar-refractivity contribution in [2.45, 2.75) is 19.9 Å². The lowest BCUT2D eigenvalue weighted by molar-refractivity contribution is -0.117. The highest BCUT2D eigenvalue weighted by atomic mass is 32.1. The topological polar surface area (TPSA) is 60.5 Å². The first kappa shape index (κ1) is 17.0. The van der Waals surface area contributed by atoms with Gasteiger partial charge in [0, 0.05) is 17.7 Å². The second-order valence-corrected chi connectivity index (χ2v) is 5.70. The van der Waals surface area contributed by atoms with Crippen molar-refractivity contribution in [3.05, 3.63) is 46.4 Å². The van der Waals surface area contributed by atoms with Crippen molar-refractivity contribution in [2.24, 2.45) is 0 Å². The molecule has 122 valence electrons. The molecule has 0 radical (unpaired) electrons. The SMILES string of the molecule is CCOc1ccc([C@@H](C)NC(=O)/C=C/c2nccs2)cc1OC. The molecule has 1 heterocycles. The highest BCUT2D eigenvalue weighted by molar-refractivity contribution is 7.10. The molecule has 23 heavy (non-hydrogen) atoms. The van der Waals surface area contributed by atoms with Crippen molar-refractivity contribution >= 4 is 23.3 Å². The highest BCUT2D eigenvalue weighted by Gasteiger charge is 2.11. The van der Waals surface area contributed by atoms with Gasteiger partial charge in [0.1, 0.15) is 5.01 Å². The molecule has 5 nitrogen and oxygen atoms in total. The van der Waals surface area contributed by atoms with Gasteiger partial charge in [-0.05, 0) is 37.6 Å². The van der Waals surface area contributed by atoms with Gasteiger partial charge >= 0.3 is 0 Å². The van der Waals surface area contributed by atoms with Gasteiger partial charge in [0.2, 0.25) is 5.91 Å².